The fourth-order valence-electron chi connectivity index (χ4n) is 3.33. The summed E-state index contributed by atoms with van der Waals surface area (Å²) in [6.45, 7) is 7.16. The van der Waals surface area contributed by atoms with Gasteiger partial charge >= 0.3 is 0 Å². The Kier molecular flexibility index (Phi) is 3.71. The van der Waals surface area contributed by atoms with E-state index in [4.69, 9.17) is 5.10 Å². The van der Waals surface area contributed by atoms with Crippen molar-refractivity contribution < 1.29 is 4.79 Å². The van der Waals surface area contributed by atoms with E-state index in [2.05, 4.69) is 35.8 Å². The maximum Gasteiger partial charge on any atom is 0.225 e. The lowest BCUT2D eigenvalue weighted by Gasteiger charge is -2.19. The van der Waals surface area contributed by atoms with Crippen molar-refractivity contribution in [3.05, 3.63) is 65.6 Å². The highest BCUT2D eigenvalue weighted by Crippen LogP contribution is 2.31. The molecular weight excluding hydrogens is 312 g/mol. The highest BCUT2D eigenvalue weighted by molar-refractivity contribution is 5.79. The fourth-order valence-corrected chi connectivity index (χ4v) is 3.33. The Bertz CT molecular complexity index is 904. The molecule has 0 radical (unpaired) electrons. The molecule has 1 amide bonds. The molecular formula is C20H22N4O. The van der Waals surface area contributed by atoms with Crippen molar-refractivity contribution in [1.82, 2.24) is 19.2 Å². The van der Waals surface area contributed by atoms with Gasteiger partial charge in [-0.05, 0) is 31.2 Å². The second-order valence-electron chi connectivity index (χ2n) is 6.94. The van der Waals surface area contributed by atoms with Crippen molar-refractivity contribution in [2.75, 3.05) is 0 Å². The smallest absolute Gasteiger partial charge is 0.225 e. The van der Waals surface area contributed by atoms with Gasteiger partial charge in [-0.1, -0.05) is 31.5 Å². The third-order valence-electron chi connectivity index (χ3n) is 4.66. The minimum atomic E-state index is 0.00302. The molecule has 1 aliphatic rings. The van der Waals surface area contributed by atoms with E-state index in [9.17, 15) is 4.79 Å². The molecule has 25 heavy (non-hydrogen) atoms. The molecule has 0 bridgehead atoms. The summed E-state index contributed by atoms with van der Waals surface area (Å²) >= 11 is 0. The van der Waals surface area contributed by atoms with Crippen LogP contribution >= 0.6 is 0 Å². The molecule has 0 fully saturated rings. The van der Waals surface area contributed by atoms with Gasteiger partial charge in [0.15, 0.2) is 0 Å². The van der Waals surface area contributed by atoms with Gasteiger partial charge in [0.05, 0.1) is 24.5 Å². The second-order valence-corrected chi connectivity index (χ2v) is 6.94. The van der Waals surface area contributed by atoms with Gasteiger partial charge in [0.1, 0.15) is 5.82 Å². The number of rotatable bonds is 3. The van der Waals surface area contributed by atoms with E-state index in [0.29, 0.717) is 13.1 Å². The molecule has 3 heterocycles. The first-order chi connectivity index (χ1) is 12.0. The van der Waals surface area contributed by atoms with Crippen LogP contribution in [0.15, 0.2) is 48.8 Å². The Morgan fingerprint density at radius 1 is 1.08 bits per heavy atom. The van der Waals surface area contributed by atoms with Crippen LogP contribution in [0, 0.1) is 12.8 Å². The summed E-state index contributed by atoms with van der Waals surface area (Å²) < 4.78 is 4.07. The van der Waals surface area contributed by atoms with Crippen LogP contribution in [0.5, 0.6) is 0 Å². The van der Waals surface area contributed by atoms with Gasteiger partial charge in [-0.15, -0.1) is 0 Å². The molecule has 3 aromatic rings. The van der Waals surface area contributed by atoms with Gasteiger partial charge in [-0.2, -0.15) is 5.10 Å². The molecule has 0 saturated carbocycles. The molecule has 0 N–H and O–H groups in total. The summed E-state index contributed by atoms with van der Waals surface area (Å²) in [5, 5.41) is 4.84. The predicted octanol–water partition coefficient (Wildman–Crippen LogP) is 3.47. The summed E-state index contributed by atoms with van der Waals surface area (Å²) in [6, 6.07) is 12.4. The topological polar surface area (TPSA) is 43.1 Å². The van der Waals surface area contributed by atoms with Crippen molar-refractivity contribution in [2.24, 2.45) is 5.92 Å². The highest BCUT2D eigenvalue weighted by atomic mass is 16.2. The van der Waals surface area contributed by atoms with Crippen LogP contribution in [0.4, 0.5) is 0 Å². The van der Waals surface area contributed by atoms with Crippen LogP contribution < -0.4 is 0 Å². The minimum Gasteiger partial charge on any atom is -0.332 e. The number of nitrogens with zero attached hydrogens (tertiary/aromatic N) is 4. The number of fused-ring (bicyclic) bond motifs is 1. The van der Waals surface area contributed by atoms with Crippen molar-refractivity contribution in [3.63, 3.8) is 0 Å². The molecule has 2 aromatic heterocycles. The Morgan fingerprint density at radius 2 is 1.76 bits per heavy atom. The largest absolute Gasteiger partial charge is 0.332 e. The molecule has 5 nitrogen and oxygen atoms in total. The minimum absolute atomic E-state index is 0.00302. The van der Waals surface area contributed by atoms with Crippen LogP contribution in [0.2, 0.25) is 0 Å². The zero-order valence-corrected chi connectivity index (χ0v) is 14.8. The number of amides is 1. The van der Waals surface area contributed by atoms with E-state index < -0.39 is 0 Å². The summed E-state index contributed by atoms with van der Waals surface area (Å²) in [5.41, 5.74) is 4.37. The van der Waals surface area contributed by atoms with Gasteiger partial charge in [0.25, 0.3) is 0 Å². The lowest BCUT2D eigenvalue weighted by molar-refractivity contribution is -0.135. The summed E-state index contributed by atoms with van der Waals surface area (Å²) in [4.78, 5) is 14.3. The van der Waals surface area contributed by atoms with Crippen molar-refractivity contribution in [1.29, 1.82) is 0 Å². The van der Waals surface area contributed by atoms with Crippen LogP contribution in [0.3, 0.4) is 0 Å². The molecule has 0 spiro atoms. The van der Waals surface area contributed by atoms with E-state index >= 15 is 0 Å². The molecule has 1 aliphatic heterocycles. The molecule has 128 valence electrons. The lowest BCUT2D eigenvalue weighted by Crippen LogP contribution is -2.30. The molecule has 5 heteroatoms. The average Bonchev–Trinajstić information content (AvgIpc) is 3.29. The lowest BCUT2D eigenvalue weighted by atomic mass is 10.2. The van der Waals surface area contributed by atoms with E-state index in [1.54, 1.807) is 0 Å². The molecule has 0 aliphatic carbocycles. The van der Waals surface area contributed by atoms with Crippen molar-refractivity contribution in [2.45, 2.75) is 33.9 Å². The van der Waals surface area contributed by atoms with Gasteiger partial charge in [-0.3, -0.25) is 4.79 Å². The van der Waals surface area contributed by atoms with E-state index in [1.165, 1.54) is 5.56 Å². The normalized spacial score (nSPS) is 13.5. The third kappa shape index (κ3) is 2.65. The molecule has 0 atom stereocenters. The van der Waals surface area contributed by atoms with Crippen LogP contribution in [0.1, 0.15) is 30.7 Å². The second kappa shape index (κ2) is 5.92. The van der Waals surface area contributed by atoms with Crippen molar-refractivity contribution in [3.8, 4) is 11.5 Å². The standard InChI is InChI=1S/C20H22N4O/c1-14(2)20(25)23-12-17-18(13-23)21-24(16-8-6-15(3)7-9-16)19(17)22-10-4-5-11-22/h4-11,14H,12-13H2,1-3H3. The summed E-state index contributed by atoms with van der Waals surface area (Å²) in [7, 11) is 0. The number of aryl methyl sites for hydroxylation is 1. The number of aromatic nitrogens is 3. The number of carbonyl (C=O) groups is 1. The van der Waals surface area contributed by atoms with E-state index in [-0.39, 0.29) is 11.8 Å². The monoisotopic (exact) mass is 334 g/mol. The predicted molar refractivity (Wildman–Crippen MR) is 96.7 cm³/mol. The van der Waals surface area contributed by atoms with Crippen LogP contribution in [-0.4, -0.2) is 25.2 Å². The van der Waals surface area contributed by atoms with Gasteiger partial charge in [0, 0.05) is 23.9 Å². The summed E-state index contributed by atoms with van der Waals surface area (Å²) in [6.07, 6.45) is 4.05. The van der Waals surface area contributed by atoms with Gasteiger partial charge in [0.2, 0.25) is 5.91 Å². The molecule has 0 unspecified atom stereocenters. The number of benzene rings is 1. The van der Waals surface area contributed by atoms with Gasteiger partial charge < -0.3 is 9.47 Å². The highest BCUT2D eigenvalue weighted by Gasteiger charge is 2.32. The zero-order chi connectivity index (χ0) is 17.6. The molecule has 0 saturated heterocycles. The molecule has 1 aromatic carbocycles. The number of carbonyl (C=O) groups excluding carboxylic acids is 1. The first-order valence-corrected chi connectivity index (χ1v) is 8.64. The maximum atomic E-state index is 12.4. The maximum absolute atomic E-state index is 12.4. The van der Waals surface area contributed by atoms with Crippen molar-refractivity contribution >= 4 is 5.91 Å². The number of hydrogen-bond donors (Lipinski definition) is 0. The Morgan fingerprint density at radius 3 is 2.40 bits per heavy atom. The fraction of sp³-hybridized carbons (Fsp3) is 0.300. The Labute approximate surface area is 147 Å². The Balaban J connectivity index is 1.80. The van der Waals surface area contributed by atoms with Crippen LogP contribution in [-0.2, 0) is 17.9 Å². The van der Waals surface area contributed by atoms with Crippen LogP contribution in [0.25, 0.3) is 11.5 Å². The SMILES string of the molecule is Cc1ccc(-n2nc3c(c2-n2cccc2)CN(C(=O)C(C)C)C3)cc1. The number of hydrogen-bond acceptors (Lipinski definition) is 2. The Hall–Kier alpha value is -2.82. The quantitative estimate of drug-likeness (QED) is 0.736. The van der Waals surface area contributed by atoms with E-state index in [0.717, 1.165) is 22.8 Å². The molecule has 4 rings (SSSR count). The first kappa shape index (κ1) is 15.7. The average molecular weight is 334 g/mol. The third-order valence-corrected chi connectivity index (χ3v) is 4.66. The van der Waals surface area contributed by atoms with E-state index in [1.807, 2.05) is 48.0 Å². The summed E-state index contributed by atoms with van der Waals surface area (Å²) in [5.74, 6) is 1.20. The first-order valence-electron chi connectivity index (χ1n) is 8.64. The van der Waals surface area contributed by atoms with Gasteiger partial charge in [-0.25, -0.2) is 4.68 Å². The zero-order valence-electron chi connectivity index (χ0n) is 14.8.